The van der Waals surface area contributed by atoms with E-state index in [0.29, 0.717) is 11.7 Å². The van der Waals surface area contributed by atoms with E-state index in [0.717, 1.165) is 5.56 Å². The predicted octanol–water partition coefficient (Wildman–Crippen LogP) is 8.35. The second kappa shape index (κ2) is 11.3. The maximum absolute atomic E-state index is 10.9. The lowest BCUT2D eigenvalue weighted by atomic mass is 9.72. The smallest absolute Gasteiger partial charge is 0.119 e. The topological polar surface area (TPSA) is 20.2 Å². The highest BCUT2D eigenvalue weighted by atomic mass is 16.3. The Kier molecular flexibility index (Phi) is 9.09. The lowest BCUT2D eigenvalue weighted by molar-refractivity contribution is 0.441. The first kappa shape index (κ1) is 22.5. The van der Waals surface area contributed by atoms with Gasteiger partial charge in [-0.15, -0.1) is 0 Å². The van der Waals surface area contributed by atoms with Gasteiger partial charge in [0, 0.05) is 11.0 Å². The molecule has 0 aliphatic carbocycles. The van der Waals surface area contributed by atoms with Gasteiger partial charge in [-0.3, -0.25) is 0 Å². The molecule has 1 nitrogen and oxygen atoms in total. The number of phenols is 1. The average Bonchev–Trinajstić information content (AvgIpc) is 2.70. The molecule has 0 fully saturated rings. The number of phenolic OH excluding ortho intramolecular Hbond substituents is 1. The monoisotopic (exact) mass is 380 g/mol. The van der Waals surface area contributed by atoms with Crippen LogP contribution in [0.5, 0.6) is 5.75 Å². The number of benzene rings is 2. The molecule has 28 heavy (non-hydrogen) atoms. The van der Waals surface area contributed by atoms with Crippen LogP contribution in [0.15, 0.2) is 48.5 Å². The average molecular weight is 381 g/mol. The summed E-state index contributed by atoms with van der Waals surface area (Å²) in [5, 5.41) is 10.9. The summed E-state index contributed by atoms with van der Waals surface area (Å²) in [7, 11) is 0. The van der Waals surface area contributed by atoms with Gasteiger partial charge in [0.2, 0.25) is 0 Å². The van der Waals surface area contributed by atoms with Crippen molar-refractivity contribution in [2.75, 3.05) is 0 Å². The lowest BCUT2D eigenvalue weighted by Gasteiger charge is -2.32. The summed E-state index contributed by atoms with van der Waals surface area (Å²) in [5.41, 5.74) is 3.53. The van der Waals surface area contributed by atoms with Crippen LogP contribution in [0.4, 0.5) is 0 Å². The summed E-state index contributed by atoms with van der Waals surface area (Å²) >= 11 is 0. The summed E-state index contributed by atoms with van der Waals surface area (Å²) in [6, 6.07) is 16.8. The summed E-state index contributed by atoms with van der Waals surface area (Å²) in [6.07, 6.45) is 11.5. The molecule has 2 aromatic carbocycles. The van der Waals surface area contributed by atoms with Crippen LogP contribution >= 0.6 is 0 Å². The largest absolute Gasteiger partial charge is 0.508 e. The SMILES string of the molecule is CCCCCCCC(CCCC)c1cccc(O)c1C(C)(C)c1ccccc1. The first-order valence-corrected chi connectivity index (χ1v) is 11.4. The molecule has 2 rings (SSSR count). The molecule has 0 heterocycles. The molecule has 0 aliphatic rings. The van der Waals surface area contributed by atoms with Crippen LogP contribution in [0.2, 0.25) is 0 Å². The van der Waals surface area contributed by atoms with Gasteiger partial charge in [0.05, 0.1) is 0 Å². The molecule has 0 aromatic heterocycles. The van der Waals surface area contributed by atoms with Crippen molar-refractivity contribution >= 4 is 0 Å². The minimum absolute atomic E-state index is 0.214. The molecule has 0 amide bonds. The zero-order valence-electron chi connectivity index (χ0n) is 18.5. The molecule has 0 saturated heterocycles. The summed E-state index contributed by atoms with van der Waals surface area (Å²) < 4.78 is 0. The number of hydrogen-bond acceptors (Lipinski definition) is 1. The second-order valence-electron chi connectivity index (χ2n) is 8.77. The highest BCUT2D eigenvalue weighted by molar-refractivity contribution is 5.51. The minimum Gasteiger partial charge on any atom is -0.508 e. The fourth-order valence-corrected chi connectivity index (χ4v) is 4.48. The Hall–Kier alpha value is -1.76. The first-order chi connectivity index (χ1) is 13.5. The minimum atomic E-state index is -0.214. The second-order valence-corrected chi connectivity index (χ2v) is 8.77. The van der Waals surface area contributed by atoms with Gasteiger partial charge in [-0.25, -0.2) is 0 Å². The molecule has 1 atom stereocenters. The molecule has 0 aliphatic heterocycles. The third-order valence-electron chi connectivity index (χ3n) is 6.20. The van der Waals surface area contributed by atoms with Crippen LogP contribution in [0.25, 0.3) is 0 Å². The summed E-state index contributed by atoms with van der Waals surface area (Å²) in [4.78, 5) is 0. The highest BCUT2D eigenvalue weighted by Crippen LogP contribution is 2.43. The van der Waals surface area contributed by atoms with Crippen LogP contribution in [0, 0.1) is 0 Å². The van der Waals surface area contributed by atoms with Crippen molar-refractivity contribution in [1.82, 2.24) is 0 Å². The molecule has 1 heteroatoms. The number of unbranched alkanes of at least 4 members (excludes halogenated alkanes) is 5. The van der Waals surface area contributed by atoms with Crippen molar-refractivity contribution in [1.29, 1.82) is 0 Å². The van der Waals surface area contributed by atoms with E-state index in [-0.39, 0.29) is 5.41 Å². The third kappa shape index (κ3) is 5.87. The fourth-order valence-electron chi connectivity index (χ4n) is 4.48. The predicted molar refractivity (Wildman–Crippen MR) is 122 cm³/mol. The Morgan fingerprint density at radius 2 is 1.39 bits per heavy atom. The van der Waals surface area contributed by atoms with Crippen LogP contribution in [-0.4, -0.2) is 5.11 Å². The van der Waals surface area contributed by atoms with Gasteiger partial charge >= 0.3 is 0 Å². The van der Waals surface area contributed by atoms with Gasteiger partial charge in [0.15, 0.2) is 0 Å². The van der Waals surface area contributed by atoms with E-state index in [9.17, 15) is 5.11 Å². The van der Waals surface area contributed by atoms with Crippen LogP contribution in [0.1, 0.15) is 108 Å². The molecule has 1 unspecified atom stereocenters. The van der Waals surface area contributed by atoms with Crippen LogP contribution < -0.4 is 0 Å². The number of rotatable bonds is 12. The maximum Gasteiger partial charge on any atom is 0.119 e. The Morgan fingerprint density at radius 1 is 0.750 bits per heavy atom. The first-order valence-electron chi connectivity index (χ1n) is 11.4. The Morgan fingerprint density at radius 3 is 2.07 bits per heavy atom. The van der Waals surface area contributed by atoms with Gasteiger partial charge in [0.1, 0.15) is 5.75 Å². The van der Waals surface area contributed by atoms with Gasteiger partial charge in [-0.05, 0) is 36.0 Å². The van der Waals surface area contributed by atoms with Crippen LogP contribution in [0.3, 0.4) is 0 Å². The van der Waals surface area contributed by atoms with E-state index >= 15 is 0 Å². The van der Waals surface area contributed by atoms with E-state index in [1.165, 1.54) is 68.9 Å². The zero-order valence-corrected chi connectivity index (χ0v) is 18.5. The van der Waals surface area contributed by atoms with Gasteiger partial charge < -0.3 is 5.11 Å². The van der Waals surface area contributed by atoms with Gasteiger partial charge in [0.25, 0.3) is 0 Å². The molecule has 0 bridgehead atoms. The molecule has 0 saturated carbocycles. The van der Waals surface area contributed by atoms with Crippen LogP contribution in [-0.2, 0) is 5.41 Å². The van der Waals surface area contributed by atoms with Crippen molar-refractivity contribution in [3.05, 3.63) is 65.2 Å². The maximum atomic E-state index is 10.9. The normalized spacial score (nSPS) is 12.9. The van der Waals surface area contributed by atoms with Crippen molar-refractivity contribution in [2.24, 2.45) is 0 Å². The van der Waals surface area contributed by atoms with Crippen molar-refractivity contribution in [2.45, 2.75) is 96.8 Å². The fraction of sp³-hybridized carbons (Fsp3) is 0.556. The zero-order chi connectivity index (χ0) is 20.4. The van der Waals surface area contributed by atoms with Crippen molar-refractivity contribution in [3.63, 3.8) is 0 Å². The number of aromatic hydroxyl groups is 1. The summed E-state index contributed by atoms with van der Waals surface area (Å²) in [5.74, 6) is 0.977. The number of hydrogen-bond donors (Lipinski definition) is 1. The Labute approximate surface area is 173 Å². The molecular weight excluding hydrogens is 340 g/mol. The highest BCUT2D eigenvalue weighted by Gasteiger charge is 2.31. The van der Waals surface area contributed by atoms with E-state index < -0.39 is 0 Å². The Bertz CT molecular complexity index is 687. The molecular formula is C27H40O. The summed E-state index contributed by atoms with van der Waals surface area (Å²) in [6.45, 7) is 9.04. The Balaban J connectivity index is 2.34. The molecule has 0 spiro atoms. The molecule has 154 valence electrons. The van der Waals surface area contributed by atoms with E-state index in [1.54, 1.807) is 0 Å². The molecule has 1 N–H and O–H groups in total. The van der Waals surface area contributed by atoms with E-state index in [4.69, 9.17) is 0 Å². The lowest BCUT2D eigenvalue weighted by Crippen LogP contribution is -2.22. The van der Waals surface area contributed by atoms with Gasteiger partial charge in [-0.2, -0.15) is 0 Å². The quantitative estimate of drug-likeness (QED) is 0.367. The molecule has 0 radical (unpaired) electrons. The van der Waals surface area contributed by atoms with Crippen molar-refractivity contribution in [3.8, 4) is 5.75 Å². The van der Waals surface area contributed by atoms with E-state index in [2.05, 4.69) is 64.1 Å². The van der Waals surface area contributed by atoms with E-state index in [1.807, 2.05) is 12.1 Å². The standard InChI is InChI=1S/C27H40O/c1-5-7-9-10-12-17-22(16-8-6-2)24-20-15-21-25(28)26(24)27(3,4)23-18-13-11-14-19-23/h11,13-15,18-22,28H,5-10,12,16-17H2,1-4H3. The molecule has 2 aromatic rings. The van der Waals surface area contributed by atoms with Crippen molar-refractivity contribution < 1.29 is 5.11 Å². The third-order valence-corrected chi connectivity index (χ3v) is 6.20. The van der Waals surface area contributed by atoms with Gasteiger partial charge in [-0.1, -0.05) is 115 Å².